The molecule has 0 saturated carbocycles. The largest absolute Gasteiger partial charge is 0.411 e. The van der Waals surface area contributed by atoms with Crippen molar-refractivity contribution in [3.8, 4) is 11.5 Å². The van der Waals surface area contributed by atoms with Crippen molar-refractivity contribution in [2.45, 2.75) is 26.0 Å². The zero-order valence-corrected chi connectivity index (χ0v) is 15.2. The van der Waals surface area contributed by atoms with Gasteiger partial charge in [-0.1, -0.05) is 41.1 Å². The van der Waals surface area contributed by atoms with Crippen LogP contribution in [0.25, 0.3) is 11.5 Å². The van der Waals surface area contributed by atoms with E-state index in [2.05, 4.69) is 21.6 Å². The number of aromatic nitrogens is 2. The summed E-state index contributed by atoms with van der Waals surface area (Å²) in [4.78, 5) is 12.0. The van der Waals surface area contributed by atoms with Crippen molar-refractivity contribution >= 4 is 23.4 Å². The highest BCUT2D eigenvalue weighted by Crippen LogP contribution is 2.25. The second-order valence-electron chi connectivity index (χ2n) is 5.96. The number of amides is 1. The van der Waals surface area contributed by atoms with Crippen molar-refractivity contribution in [2.24, 2.45) is 0 Å². The lowest BCUT2D eigenvalue weighted by Crippen LogP contribution is -2.13. The molecule has 1 aromatic heterocycles. The number of thioether (sulfide) groups is 1. The van der Waals surface area contributed by atoms with E-state index in [1.165, 1.54) is 11.8 Å². The molecular formula is C19H19N3O2S. The van der Waals surface area contributed by atoms with Crippen LogP contribution in [0, 0.1) is 20.8 Å². The molecule has 0 unspecified atom stereocenters. The molecule has 1 N–H and O–H groups in total. The molecule has 1 heterocycles. The number of carbonyl (C=O) groups is 1. The second-order valence-corrected chi connectivity index (χ2v) is 6.88. The molecule has 128 valence electrons. The lowest BCUT2D eigenvalue weighted by Gasteiger charge is -2.04. The third kappa shape index (κ3) is 4.70. The first-order chi connectivity index (χ1) is 12.0. The molecule has 3 rings (SSSR count). The van der Waals surface area contributed by atoms with Gasteiger partial charge in [-0.05, 0) is 50.6 Å². The number of anilines is 1. The van der Waals surface area contributed by atoms with Crippen LogP contribution in [-0.2, 0) is 4.79 Å². The Balaban J connectivity index is 1.61. The maximum Gasteiger partial charge on any atom is 0.277 e. The molecule has 3 aromatic rings. The minimum absolute atomic E-state index is 0.109. The summed E-state index contributed by atoms with van der Waals surface area (Å²) in [6, 6.07) is 13.8. The van der Waals surface area contributed by atoms with E-state index in [9.17, 15) is 4.79 Å². The van der Waals surface area contributed by atoms with Crippen LogP contribution in [0.15, 0.2) is 52.1 Å². The van der Waals surface area contributed by atoms with Crippen LogP contribution in [0.4, 0.5) is 5.69 Å². The topological polar surface area (TPSA) is 68.0 Å². The molecule has 0 bridgehead atoms. The summed E-state index contributed by atoms with van der Waals surface area (Å²) >= 11 is 1.22. The fourth-order valence-corrected chi connectivity index (χ4v) is 3.09. The summed E-state index contributed by atoms with van der Waals surface area (Å²) in [5, 5.41) is 11.3. The van der Waals surface area contributed by atoms with Crippen LogP contribution in [-0.4, -0.2) is 21.9 Å². The van der Waals surface area contributed by atoms with Crippen LogP contribution in [0.1, 0.15) is 16.7 Å². The molecule has 0 aliphatic carbocycles. The zero-order chi connectivity index (χ0) is 17.8. The van der Waals surface area contributed by atoms with Gasteiger partial charge in [0.15, 0.2) is 0 Å². The number of carbonyl (C=O) groups excluding carboxylic acids is 1. The summed E-state index contributed by atoms with van der Waals surface area (Å²) in [7, 11) is 0. The lowest BCUT2D eigenvalue weighted by molar-refractivity contribution is -0.113. The Bertz CT molecular complexity index is 885. The maximum atomic E-state index is 12.0. The molecule has 0 radical (unpaired) electrons. The zero-order valence-electron chi connectivity index (χ0n) is 14.4. The smallest absolute Gasteiger partial charge is 0.277 e. The number of nitrogens with zero attached hydrogens (tertiary/aromatic N) is 2. The molecule has 0 aliphatic rings. The number of rotatable bonds is 5. The summed E-state index contributed by atoms with van der Waals surface area (Å²) in [6.07, 6.45) is 0. The molecule has 0 atom stereocenters. The van der Waals surface area contributed by atoms with Gasteiger partial charge in [0.2, 0.25) is 11.8 Å². The average molecular weight is 353 g/mol. The summed E-state index contributed by atoms with van der Waals surface area (Å²) in [5.41, 5.74) is 5.05. The monoisotopic (exact) mass is 353 g/mol. The molecule has 5 nitrogen and oxygen atoms in total. The van der Waals surface area contributed by atoms with E-state index < -0.39 is 0 Å². The standard InChI is InChI=1S/C19H19N3O2S/c1-12-5-4-6-16(10-12)20-17(23)11-25-19-22-21-18(24-19)15-8-13(2)7-14(3)9-15/h4-10H,11H2,1-3H3,(H,20,23). The Labute approximate surface area is 150 Å². The van der Waals surface area contributed by atoms with Crippen molar-refractivity contribution in [1.29, 1.82) is 0 Å². The van der Waals surface area contributed by atoms with E-state index >= 15 is 0 Å². The summed E-state index contributed by atoms with van der Waals surface area (Å²) in [6.45, 7) is 6.04. The van der Waals surface area contributed by atoms with Crippen molar-refractivity contribution in [2.75, 3.05) is 11.1 Å². The first-order valence-corrected chi connectivity index (χ1v) is 8.89. The molecule has 2 aromatic carbocycles. The van der Waals surface area contributed by atoms with E-state index in [-0.39, 0.29) is 11.7 Å². The van der Waals surface area contributed by atoms with Gasteiger partial charge in [0, 0.05) is 11.3 Å². The maximum absolute atomic E-state index is 12.0. The van der Waals surface area contributed by atoms with Crippen LogP contribution >= 0.6 is 11.8 Å². The third-order valence-corrected chi connectivity index (χ3v) is 4.32. The minimum Gasteiger partial charge on any atom is -0.411 e. The fourth-order valence-electron chi connectivity index (χ4n) is 2.53. The number of nitrogens with one attached hydrogen (secondary N) is 1. The van der Waals surface area contributed by atoms with Crippen molar-refractivity contribution in [1.82, 2.24) is 10.2 Å². The Morgan fingerprint density at radius 1 is 1.04 bits per heavy atom. The van der Waals surface area contributed by atoms with Gasteiger partial charge in [0.1, 0.15) is 0 Å². The molecule has 0 aliphatic heterocycles. The van der Waals surface area contributed by atoms with Crippen LogP contribution in [0.3, 0.4) is 0 Å². The van der Waals surface area contributed by atoms with E-state index in [0.29, 0.717) is 11.1 Å². The van der Waals surface area contributed by atoms with E-state index in [1.807, 2.05) is 57.2 Å². The first kappa shape index (κ1) is 17.2. The number of hydrogen-bond acceptors (Lipinski definition) is 5. The molecular weight excluding hydrogens is 334 g/mol. The van der Waals surface area contributed by atoms with E-state index in [0.717, 1.165) is 27.9 Å². The van der Waals surface area contributed by atoms with E-state index in [4.69, 9.17) is 4.42 Å². The van der Waals surface area contributed by atoms with Crippen molar-refractivity contribution in [3.63, 3.8) is 0 Å². The molecule has 6 heteroatoms. The van der Waals surface area contributed by atoms with Gasteiger partial charge in [-0.15, -0.1) is 10.2 Å². The first-order valence-electron chi connectivity index (χ1n) is 7.91. The number of benzene rings is 2. The highest BCUT2D eigenvalue weighted by molar-refractivity contribution is 7.99. The summed E-state index contributed by atoms with van der Waals surface area (Å²) < 4.78 is 5.66. The summed E-state index contributed by atoms with van der Waals surface area (Å²) in [5.74, 6) is 0.567. The lowest BCUT2D eigenvalue weighted by atomic mass is 10.1. The quantitative estimate of drug-likeness (QED) is 0.689. The molecule has 25 heavy (non-hydrogen) atoms. The fraction of sp³-hybridized carbons (Fsp3) is 0.211. The van der Waals surface area contributed by atoms with Gasteiger partial charge in [0.05, 0.1) is 5.75 Å². The molecule has 0 saturated heterocycles. The second kappa shape index (κ2) is 7.53. The van der Waals surface area contributed by atoms with Gasteiger partial charge in [-0.25, -0.2) is 0 Å². The Morgan fingerprint density at radius 3 is 2.52 bits per heavy atom. The van der Waals surface area contributed by atoms with Crippen molar-refractivity contribution in [3.05, 3.63) is 59.2 Å². The Kier molecular flexibility index (Phi) is 5.19. The SMILES string of the molecule is Cc1cccc(NC(=O)CSc2nnc(-c3cc(C)cc(C)c3)o2)c1. The number of hydrogen-bond donors (Lipinski definition) is 1. The number of aryl methyl sites for hydroxylation is 3. The normalized spacial score (nSPS) is 10.7. The average Bonchev–Trinajstić information content (AvgIpc) is 3.01. The van der Waals surface area contributed by atoms with E-state index in [1.54, 1.807) is 0 Å². The highest BCUT2D eigenvalue weighted by atomic mass is 32.2. The third-order valence-electron chi connectivity index (χ3n) is 3.50. The van der Waals surface area contributed by atoms with Gasteiger partial charge in [-0.3, -0.25) is 4.79 Å². The van der Waals surface area contributed by atoms with Crippen LogP contribution < -0.4 is 5.32 Å². The van der Waals surface area contributed by atoms with Crippen LogP contribution in [0.2, 0.25) is 0 Å². The van der Waals surface area contributed by atoms with Gasteiger partial charge >= 0.3 is 0 Å². The predicted molar refractivity (Wildman–Crippen MR) is 99.7 cm³/mol. The minimum atomic E-state index is -0.109. The molecule has 0 spiro atoms. The Morgan fingerprint density at radius 2 is 1.80 bits per heavy atom. The molecule has 0 fully saturated rings. The highest BCUT2D eigenvalue weighted by Gasteiger charge is 2.12. The Hall–Kier alpha value is -2.60. The van der Waals surface area contributed by atoms with Gasteiger partial charge < -0.3 is 9.73 Å². The van der Waals surface area contributed by atoms with Crippen molar-refractivity contribution < 1.29 is 9.21 Å². The van der Waals surface area contributed by atoms with Gasteiger partial charge in [0.25, 0.3) is 5.22 Å². The van der Waals surface area contributed by atoms with Gasteiger partial charge in [-0.2, -0.15) is 0 Å². The van der Waals surface area contributed by atoms with Crippen LogP contribution in [0.5, 0.6) is 0 Å². The predicted octanol–water partition coefficient (Wildman–Crippen LogP) is 4.39. The molecule has 1 amide bonds.